The molecule has 88 valence electrons. The van der Waals surface area contributed by atoms with Gasteiger partial charge in [0.2, 0.25) is 0 Å². The van der Waals surface area contributed by atoms with E-state index < -0.39 is 15.6 Å². The molecule has 0 radical (unpaired) electrons. The molecule has 5 heteroatoms. The molecule has 0 aromatic rings. The second-order valence-corrected chi connectivity index (χ2v) is 7.32. The second kappa shape index (κ2) is 3.71. The molecule has 0 aliphatic carbocycles. The maximum Gasteiger partial charge on any atom is 0.153 e. The van der Waals surface area contributed by atoms with Gasteiger partial charge < -0.3 is 4.74 Å². The molecule has 4 nitrogen and oxygen atoms in total. The first-order valence-corrected chi connectivity index (χ1v) is 7.26. The Labute approximate surface area is 91.3 Å². The maximum absolute atomic E-state index is 11.7. The summed E-state index contributed by atoms with van der Waals surface area (Å²) in [6, 6.07) is 0.319. The summed E-state index contributed by atoms with van der Waals surface area (Å²) >= 11 is 0. The number of hydrogen-bond acceptors (Lipinski definition) is 4. The van der Waals surface area contributed by atoms with Crippen LogP contribution in [0.3, 0.4) is 0 Å². The Morgan fingerprint density at radius 2 is 2.27 bits per heavy atom. The minimum atomic E-state index is -2.85. The predicted octanol–water partition coefficient (Wildman–Crippen LogP) is 0.678. The van der Waals surface area contributed by atoms with Crippen molar-refractivity contribution < 1.29 is 13.2 Å². The molecule has 2 aliphatic heterocycles. The lowest BCUT2D eigenvalue weighted by Gasteiger charge is -2.26. The molecule has 0 saturated carbocycles. The highest BCUT2D eigenvalue weighted by molar-refractivity contribution is 7.92. The Morgan fingerprint density at radius 3 is 2.73 bits per heavy atom. The van der Waals surface area contributed by atoms with Gasteiger partial charge in [-0.15, -0.1) is 0 Å². The van der Waals surface area contributed by atoms with Crippen LogP contribution in [0.4, 0.5) is 0 Å². The minimum Gasteiger partial charge on any atom is -0.359 e. The largest absolute Gasteiger partial charge is 0.359 e. The number of hydrogen-bond donors (Lipinski definition) is 1. The third kappa shape index (κ3) is 2.34. The molecular weight excluding hydrogens is 214 g/mol. The van der Waals surface area contributed by atoms with Crippen LogP contribution < -0.4 is 5.32 Å². The van der Waals surface area contributed by atoms with Gasteiger partial charge in [0.15, 0.2) is 9.84 Å². The average Bonchev–Trinajstić information content (AvgIpc) is 2.58. The Kier molecular flexibility index (Phi) is 2.81. The van der Waals surface area contributed by atoms with Crippen molar-refractivity contribution in [1.29, 1.82) is 0 Å². The standard InChI is InChI=1S/C10H19NO3S/c1-8-7-14-10(2,11-8)6-9-4-3-5-15(9,12)13/h8-9,11H,3-7H2,1-2H3. The molecule has 0 aromatic heterocycles. The Morgan fingerprint density at radius 1 is 1.53 bits per heavy atom. The molecule has 0 aromatic carbocycles. The summed E-state index contributed by atoms with van der Waals surface area (Å²) in [4.78, 5) is 0. The fourth-order valence-electron chi connectivity index (χ4n) is 2.55. The highest BCUT2D eigenvalue weighted by Gasteiger charge is 2.41. The van der Waals surface area contributed by atoms with Gasteiger partial charge in [-0.1, -0.05) is 0 Å². The fourth-order valence-corrected chi connectivity index (χ4v) is 4.55. The van der Waals surface area contributed by atoms with Crippen molar-refractivity contribution in [3.05, 3.63) is 0 Å². The lowest BCUT2D eigenvalue weighted by Crippen LogP contribution is -2.44. The summed E-state index contributed by atoms with van der Waals surface area (Å²) in [7, 11) is -2.85. The second-order valence-electron chi connectivity index (χ2n) is 4.92. The molecule has 0 spiro atoms. The third-order valence-electron chi connectivity index (χ3n) is 3.28. The van der Waals surface area contributed by atoms with Crippen molar-refractivity contribution >= 4 is 9.84 Å². The van der Waals surface area contributed by atoms with Crippen LogP contribution in [0.5, 0.6) is 0 Å². The number of nitrogens with one attached hydrogen (secondary N) is 1. The number of rotatable bonds is 2. The molecule has 3 atom stereocenters. The SMILES string of the molecule is CC1COC(C)(CC2CCCS2(=O)=O)N1. The van der Waals surface area contributed by atoms with Gasteiger partial charge in [-0.2, -0.15) is 0 Å². The lowest BCUT2D eigenvalue weighted by atomic mass is 10.1. The first-order chi connectivity index (χ1) is 6.91. The highest BCUT2D eigenvalue weighted by Crippen LogP contribution is 2.30. The molecule has 0 bridgehead atoms. The maximum atomic E-state index is 11.7. The van der Waals surface area contributed by atoms with E-state index in [1.807, 2.05) is 13.8 Å². The lowest BCUT2D eigenvalue weighted by molar-refractivity contribution is -0.00130. The van der Waals surface area contributed by atoms with E-state index in [1.54, 1.807) is 0 Å². The van der Waals surface area contributed by atoms with Gasteiger partial charge in [0.25, 0.3) is 0 Å². The molecule has 2 aliphatic rings. The summed E-state index contributed by atoms with van der Waals surface area (Å²) in [5.41, 5.74) is -0.443. The van der Waals surface area contributed by atoms with Crippen LogP contribution in [-0.2, 0) is 14.6 Å². The predicted molar refractivity (Wildman–Crippen MR) is 58.4 cm³/mol. The van der Waals surface area contributed by atoms with Crippen molar-refractivity contribution in [1.82, 2.24) is 5.32 Å². The molecule has 15 heavy (non-hydrogen) atoms. The van der Waals surface area contributed by atoms with Crippen LogP contribution in [0, 0.1) is 0 Å². The van der Waals surface area contributed by atoms with E-state index in [9.17, 15) is 8.42 Å². The molecular formula is C10H19NO3S. The van der Waals surface area contributed by atoms with Crippen molar-refractivity contribution in [2.75, 3.05) is 12.4 Å². The van der Waals surface area contributed by atoms with E-state index in [1.165, 1.54) is 0 Å². The molecule has 2 saturated heterocycles. The van der Waals surface area contributed by atoms with Gasteiger partial charge in [0, 0.05) is 12.5 Å². The van der Waals surface area contributed by atoms with Crippen LogP contribution in [0.15, 0.2) is 0 Å². The normalized spacial score (nSPS) is 44.7. The van der Waals surface area contributed by atoms with Crippen molar-refractivity contribution in [2.45, 2.75) is 50.1 Å². The zero-order chi connectivity index (χ0) is 11.1. The zero-order valence-corrected chi connectivity index (χ0v) is 10.1. The van der Waals surface area contributed by atoms with Gasteiger partial charge >= 0.3 is 0 Å². The summed E-state index contributed by atoms with van der Waals surface area (Å²) in [5, 5.41) is 3.10. The highest BCUT2D eigenvalue weighted by atomic mass is 32.2. The van der Waals surface area contributed by atoms with Crippen LogP contribution in [-0.4, -0.2) is 37.8 Å². The van der Waals surface area contributed by atoms with Gasteiger partial charge in [-0.25, -0.2) is 8.42 Å². The van der Waals surface area contributed by atoms with Gasteiger partial charge in [0.05, 0.1) is 17.6 Å². The summed E-state index contributed by atoms with van der Waals surface area (Å²) in [6.07, 6.45) is 2.18. The molecule has 0 amide bonds. The monoisotopic (exact) mass is 233 g/mol. The topological polar surface area (TPSA) is 55.4 Å². The van der Waals surface area contributed by atoms with Crippen molar-refractivity contribution in [2.24, 2.45) is 0 Å². The average molecular weight is 233 g/mol. The first-order valence-electron chi connectivity index (χ1n) is 5.54. The van der Waals surface area contributed by atoms with E-state index in [0.29, 0.717) is 24.8 Å². The van der Waals surface area contributed by atoms with Gasteiger partial charge in [-0.05, 0) is 26.7 Å². The third-order valence-corrected chi connectivity index (χ3v) is 5.56. The van der Waals surface area contributed by atoms with E-state index >= 15 is 0 Å². The van der Waals surface area contributed by atoms with Gasteiger partial charge in [0.1, 0.15) is 5.72 Å². The number of sulfone groups is 1. The van der Waals surface area contributed by atoms with E-state index in [4.69, 9.17) is 4.74 Å². The summed E-state index contributed by atoms with van der Waals surface area (Å²) in [5.74, 6) is 0.350. The molecule has 2 rings (SSSR count). The molecule has 2 heterocycles. The quantitative estimate of drug-likeness (QED) is 0.762. The minimum absolute atomic E-state index is 0.208. The van der Waals surface area contributed by atoms with E-state index in [0.717, 1.165) is 12.8 Å². The molecule has 1 N–H and O–H groups in total. The van der Waals surface area contributed by atoms with Crippen LogP contribution >= 0.6 is 0 Å². The van der Waals surface area contributed by atoms with Gasteiger partial charge in [-0.3, -0.25) is 5.32 Å². The summed E-state index contributed by atoms with van der Waals surface area (Å²) in [6.45, 7) is 4.67. The van der Waals surface area contributed by atoms with E-state index in [2.05, 4.69) is 5.32 Å². The first kappa shape index (κ1) is 11.4. The van der Waals surface area contributed by atoms with Crippen molar-refractivity contribution in [3.8, 4) is 0 Å². The van der Waals surface area contributed by atoms with Crippen molar-refractivity contribution in [3.63, 3.8) is 0 Å². The summed E-state index contributed by atoms with van der Waals surface area (Å²) < 4.78 is 29.0. The smallest absolute Gasteiger partial charge is 0.153 e. The Bertz CT molecular complexity index is 341. The Balaban J connectivity index is 2.03. The molecule has 3 unspecified atom stereocenters. The molecule has 2 fully saturated rings. The number of ether oxygens (including phenoxy) is 1. The Hall–Kier alpha value is -0.130. The zero-order valence-electron chi connectivity index (χ0n) is 9.32. The van der Waals surface area contributed by atoms with Crippen LogP contribution in [0.2, 0.25) is 0 Å². The van der Waals surface area contributed by atoms with Crippen LogP contribution in [0.25, 0.3) is 0 Å². The fraction of sp³-hybridized carbons (Fsp3) is 1.00. The van der Waals surface area contributed by atoms with Crippen LogP contribution in [0.1, 0.15) is 33.1 Å². The van der Waals surface area contributed by atoms with E-state index in [-0.39, 0.29) is 5.25 Å².